The Hall–Kier alpha value is -5.74. The van der Waals surface area contributed by atoms with Crippen LogP contribution >= 0.6 is 0 Å². The number of ketones is 1. The Bertz CT molecular complexity index is 2280. The Labute approximate surface area is 358 Å². The van der Waals surface area contributed by atoms with Crippen molar-refractivity contribution in [1.82, 2.24) is 5.32 Å². The Morgan fingerprint density at radius 1 is 0.823 bits per heavy atom. The van der Waals surface area contributed by atoms with E-state index in [9.17, 15) is 39.3 Å². The van der Waals surface area contributed by atoms with Crippen molar-refractivity contribution in [1.29, 1.82) is 0 Å². The summed E-state index contributed by atoms with van der Waals surface area (Å²) in [6, 6.07) is 22.9. The Morgan fingerprint density at radius 2 is 1.40 bits per heavy atom. The van der Waals surface area contributed by atoms with Gasteiger partial charge in [0.15, 0.2) is 23.6 Å². The van der Waals surface area contributed by atoms with Crippen molar-refractivity contribution in [3.05, 3.63) is 119 Å². The molecule has 1 amide bonds. The fourth-order valence-electron chi connectivity index (χ4n) is 10.2. The summed E-state index contributed by atoms with van der Waals surface area (Å²) in [6.45, 7) is 7.97. The fourth-order valence-corrected chi connectivity index (χ4v) is 10.2. The van der Waals surface area contributed by atoms with Crippen LogP contribution in [0.2, 0.25) is 0 Å². The molecule has 0 spiro atoms. The molecule has 7 rings (SSSR count). The number of hydrogen-bond acceptors (Lipinski definition) is 14. The van der Waals surface area contributed by atoms with Crippen LogP contribution in [0.3, 0.4) is 0 Å². The van der Waals surface area contributed by atoms with Gasteiger partial charge in [-0.2, -0.15) is 0 Å². The number of rotatable bonds is 10. The average molecular weight is 854 g/mol. The van der Waals surface area contributed by atoms with Gasteiger partial charge in [0.2, 0.25) is 0 Å². The van der Waals surface area contributed by atoms with Gasteiger partial charge in [0.1, 0.15) is 23.9 Å². The van der Waals surface area contributed by atoms with Crippen molar-refractivity contribution in [2.75, 3.05) is 6.61 Å². The Morgan fingerprint density at radius 3 is 1.95 bits per heavy atom. The summed E-state index contributed by atoms with van der Waals surface area (Å²) >= 11 is 0. The monoisotopic (exact) mass is 853 g/mol. The highest BCUT2D eigenvalue weighted by molar-refractivity contribution is 5.96. The van der Waals surface area contributed by atoms with Crippen molar-refractivity contribution >= 4 is 35.6 Å². The van der Waals surface area contributed by atoms with E-state index in [-0.39, 0.29) is 35.3 Å². The second-order valence-corrected chi connectivity index (χ2v) is 17.4. The van der Waals surface area contributed by atoms with Gasteiger partial charge in [-0.15, -0.1) is 0 Å². The van der Waals surface area contributed by atoms with Crippen LogP contribution in [0, 0.1) is 16.7 Å². The zero-order valence-electron chi connectivity index (χ0n) is 35.2. The molecule has 4 N–H and O–H groups in total. The maximum absolute atomic E-state index is 15.5. The molecule has 1 saturated heterocycles. The molecule has 328 valence electrons. The predicted octanol–water partition coefficient (Wildman–Crippen LogP) is 3.74. The normalized spacial score (nSPS) is 31.9. The third kappa shape index (κ3) is 7.29. The molecule has 15 heteroatoms. The van der Waals surface area contributed by atoms with Gasteiger partial charge in [0.25, 0.3) is 5.91 Å². The third-order valence-corrected chi connectivity index (χ3v) is 13.5. The van der Waals surface area contributed by atoms with Crippen molar-refractivity contribution in [3.8, 4) is 0 Å². The van der Waals surface area contributed by atoms with E-state index < -0.39 is 113 Å². The molecule has 3 aromatic carbocycles. The molecule has 3 aliphatic carbocycles. The third-order valence-electron chi connectivity index (χ3n) is 13.5. The molecular weight excluding hydrogens is 803 g/mol. The van der Waals surface area contributed by atoms with E-state index in [1.165, 1.54) is 26.0 Å². The number of hydrogen-bond donors (Lipinski definition) is 4. The maximum atomic E-state index is 15.5. The molecule has 1 aliphatic heterocycles. The summed E-state index contributed by atoms with van der Waals surface area (Å²) < 4.78 is 30.3. The molecule has 0 radical (unpaired) electrons. The fraction of sp³-hybridized carbons (Fsp3) is 0.447. The number of amides is 1. The number of carbonyl (C=O) groups excluding carboxylic acids is 6. The van der Waals surface area contributed by atoms with E-state index in [0.717, 1.165) is 13.8 Å². The first-order valence-corrected chi connectivity index (χ1v) is 20.5. The predicted molar refractivity (Wildman–Crippen MR) is 218 cm³/mol. The highest BCUT2D eigenvalue weighted by Gasteiger charge is 2.78. The average Bonchev–Trinajstić information content (AvgIpc) is 3.24. The number of benzene rings is 3. The second-order valence-electron chi connectivity index (χ2n) is 17.4. The van der Waals surface area contributed by atoms with Crippen molar-refractivity contribution in [3.63, 3.8) is 0 Å². The lowest BCUT2D eigenvalue weighted by Gasteiger charge is -2.67. The van der Waals surface area contributed by atoms with Crippen LogP contribution in [0.25, 0.3) is 0 Å². The summed E-state index contributed by atoms with van der Waals surface area (Å²) in [7, 11) is 0. The summed E-state index contributed by atoms with van der Waals surface area (Å²) in [5.74, 6) is -6.84. The SMILES string of the molecule is CC(=O)O[C@H]1C(=O)C2(C)C(O)CC3OC[C@]3(OC(C)=O)C2C(OC(=O)c2ccccc2)C2(O)C[C@H](OC(=O)[C@@H](O)C(NC(=O)c3ccccc3)c3ccccc3)C(C)=C1C2(C)C. The van der Waals surface area contributed by atoms with E-state index in [2.05, 4.69) is 5.32 Å². The molecular formula is C47H51NO14. The van der Waals surface area contributed by atoms with Crippen molar-refractivity contribution < 1.29 is 67.8 Å². The van der Waals surface area contributed by atoms with Gasteiger partial charge in [-0.05, 0) is 54.8 Å². The van der Waals surface area contributed by atoms with Crippen molar-refractivity contribution in [2.24, 2.45) is 16.7 Å². The highest BCUT2D eigenvalue weighted by atomic mass is 16.6. The Balaban J connectivity index is 1.39. The summed E-state index contributed by atoms with van der Waals surface area (Å²) in [6.07, 6.45) is -10.5. The van der Waals surface area contributed by atoms with Gasteiger partial charge >= 0.3 is 23.9 Å². The quantitative estimate of drug-likeness (QED) is 0.130. The van der Waals surface area contributed by atoms with Gasteiger partial charge in [0, 0.05) is 37.7 Å². The van der Waals surface area contributed by atoms with E-state index in [4.69, 9.17) is 23.7 Å². The Kier molecular flexibility index (Phi) is 11.8. The maximum Gasteiger partial charge on any atom is 0.338 e. The lowest BCUT2D eigenvalue weighted by molar-refractivity contribution is -0.346. The molecule has 3 fully saturated rings. The van der Waals surface area contributed by atoms with Gasteiger partial charge in [-0.1, -0.05) is 80.6 Å². The standard InChI is InChI=1S/C47H51NO14/c1-25-31(60-43(56)36(52)35(28-16-10-7-11-17-28)48-41(54)29-18-12-8-13-19-29)23-47(57)40(61-42(55)30-20-14-9-15-21-30)38-45(6,32(51)22-33-46(38,24-58-33)62-27(3)50)39(53)37(59-26(2)49)34(25)44(47,4)5/h7-21,31-33,35-38,40,51-52,57H,22-24H2,1-6H3,(H,48,54)/t31-,32?,33?,35?,36-,37+,38?,40?,45?,46+,47?/m0/s1. The first kappa shape index (κ1) is 44.3. The molecule has 11 atom stereocenters. The minimum Gasteiger partial charge on any atom is -0.456 e. The highest BCUT2D eigenvalue weighted by Crippen LogP contribution is 2.64. The van der Waals surface area contributed by atoms with Crippen molar-refractivity contribution in [2.45, 2.75) is 108 Å². The summed E-state index contributed by atoms with van der Waals surface area (Å²) in [5.41, 5.74) is -7.02. The number of esters is 4. The van der Waals surface area contributed by atoms with Gasteiger partial charge < -0.3 is 44.3 Å². The van der Waals surface area contributed by atoms with Crippen LogP contribution < -0.4 is 5.32 Å². The molecule has 4 aliphatic rings. The molecule has 7 unspecified atom stereocenters. The molecule has 2 saturated carbocycles. The molecule has 3 aromatic rings. The number of carbonyl (C=O) groups is 6. The van der Waals surface area contributed by atoms with Crippen LogP contribution in [0.4, 0.5) is 0 Å². The molecule has 0 aromatic heterocycles. The van der Waals surface area contributed by atoms with Gasteiger partial charge in [-0.25, -0.2) is 9.59 Å². The smallest absolute Gasteiger partial charge is 0.338 e. The van der Waals surface area contributed by atoms with Crippen LogP contribution in [-0.2, 0) is 42.9 Å². The number of Topliss-reactive ketones (excluding diaryl/α,β-unsaturated/α-hetero) is 1. The number of ether oxygens (including phenoxy) is 5. The lowest BCUT2D eigenvalue weighted by atomic mass is 9.44. The number of aliphatic hydroxyl groups excluding tert-OH is 2. The summed E-state index contributed by atoms with van der Waals surface area (Å²) in [5, 5.41) is 40.2. The lowest BCUT2D eigenvalue weighted by Crippen LogP contribution is -2.82. The zero-order chi connectivity index (χ0) is 44.9. The van der Waals surface area contributed by atoms with Crippen LogP contribution in [0.1, 0.15) is 86.7 Å². The van der Waals surface area contributed by atoms with Gasteiger partial charge in [0.05, 0.1) is 35.6 Å². The number of fused-ring (bicyclic) bond motifs is 5. The molecule has 2 bridgehead atoms. The molecule has 62 heavy (non-hydrogen) atoms. The van der Waals surface area contributed by atoms with Crippen LogP contribution in [0.5, 0.6) is 0 Å². The zero-order valence-corrected chi connectivity index (χ0v) is 35.2. The van der Waals surface area contributed by atoms with E-state index >= 15 is 4.79 Å². The van der Waals surface area contributed by atoms with E-state index in [1.807, 2.05) is 0 Å². The van der Waals surface area contributed by atoms with E-state index in [1.54, 1.807) is 92.7 Å². The first-order valence-electron chi connectivity index (χ1n) is 20.5. The van der Waals surface area contributed by atoms with Gasteiger partial charge in [-0.3, -0.25) is 19.2 Å². The number of nitrogens with one attached hydrogen (secondary N) is 1. The van der Waals surface area contributed by atoms with Crippen LogP contribution in [-0.4, -0.2) is 105 Å². The molecule has 15 nitrogen and oxygen atoms in total. The second kappa shape index (κ2) is 16.5. The van der Waals surface area contributed by atoms with Crippen LogP contribution in [0.15, 0.2) is 102 Å². The van der Waals surface area contributed by atoms with E-state index in [0.29, 0.717) is 5.56 Å². The largest absolute Gasteiger partial charge is 0.456 e. The minimum absolute atomic E-state index is 0.00289. The summed E-state index contributed by atoms with van der Waals surface area (Å²) in [4.78, 5) is 83.5. The molecule has 1 heterocycles. The minimum atomic E-state index is -2.39. The first-order chi connectivity index (χ1) is 29.3. The number of aliphatic hydroxyl groups is 3. The topological polar surface area (TPSA) is 221 Å².